The summed E-state index contributed by atoms with van der Waals surface area (Å²) in [6, 6.07) is 20.0. The van der Waals surface area contributed by atoms with Crippen LogP contribution in [0.2, 0.25) is 5.02 Å². The summed E-state index contributed by atoms with van der Waals surface area (Å²) in [6.07, 6.45) is 1.64. The SMILES string of the molecule is Cc1oc(-c2ccccc2)nc1CC(=O)Nc1ccc(Oc2ccc(Cl)cc2)nc1. The second-order valence-electron chi connectivity index (χ2n) is 6.55. The highest BCUT2D eigenvalue weighted by molar-refractivity contribution is 6.30. The van der Waals surface area contributed by atoms with E-state index in [1.807, 2.05) is 30.3 Å². The molecule has 0 aliphatic carbocycles. The standard InChI is InChI=1S/C23H18ClN3O3/c1-15-20(27-23(29-15)16-5-3-2-4-6-16)13-21(28)26-18-9-12-22(25-14-18)30-19-10-7-17(24)8-11-19/h2-12,14H,13H2,1H3,(H,26,28). The van der Waals surface area contributed by atoms with Gasteiger partial charge >= 0.3 is 0 Å². The normalized spacial score (nSPS) is 10.6. The third kappa shape index (κ3) is 4.85. The number of oxazole rings is 1. The van der Waals surface area contributed by atoms with E-state index in [-0.39, 0.29) is 12.3 Å². The number of carbonyl (C=O) groups is 1. The molecule has 0 bridgehead atoms. The van der Waals surface area contributed by atoms with Gasteiger partial charge in [-0.1, -0.05) is 29.8 Å². The number of amides is 1. The summed E-state index contributed by atoms with van der Waals surface area (Å²) in [5.74, 6) is 1.95. The van der Waals surface area contributed by atoms with E-state index in [1.54, 1.807) is 43.3 Å². The first-order valence-electron chi connectivity index (χ1n) is 9.28. The maximum Gasteiger partial charge on any atom is 0.230 e. The maximum atomic E-state index is 12.4. The van der Waals surface area contributed by atoms with Crippen molar-refractivity contribution in [3.05, 3.63) is 89.4 Å². The summed E-state index contributed by atoms with van der Waals surface area (Å²) in [6.45, 7) is 1.80. The minimum absolute atomic E-state index is 0.102. The van der Waals surface area contributed by atoms with Crippen LogP contribution in [-0.4, -0.2) is 15.9 Å². The fourth-order valence-corrected chi connectivity index (χ4v) is 2.92. The molecule has 1 amide bonds. The van der Waals surface area contributed by atoms with Crippen LogP contribution in [0, 0.1) is 6.92 Å². The average Bonchev–Trinajstić information content (AvgIpc) is 3.12. The molecule has 0 fully saturated rings. The zero-order valence-electron chi connectivity index (χ0n) is 16.1. The fourth-order valence-electron chi connectivity index (χ4n) is 2.79. The number of aryl methyl sites for hydroxylation is 1. The van der Waals surface area contributed by atoms with E-state index in [9.17, 15) is 4.79 Å². The molecule has 7 heteroatoms. The summed E-state index contributed by atoms with van der Waals surface area (Å²) in [4.78, 5) is 21.1. The third-order valence-electron chi connectivity index (χ3n) is 4.30. The lowest BCUT2D eigenvalue weighted by atomic mass is 10.2. The third-order valence-corrected chi connectivity index (χ3v) is 4.55. The first kappa shape index (κ1) is 19.7. The zero-order chi connectivity index (χ0) is 20.9. The van der Waals surface area contributed by atoms with Crippen molar-refractivity contribution in [3.8, 4) is 23.1 Å². The molecule has 6 nitrogen and oxygen atoms in total. The second-order valence-corrected chi connectivity index (χ2v) is 6.99. The predicted molar refractivity (Wildman–Crippen MR) is 115 cm³/mol. The minimum atomic E-state index is -0.209. The second kappa shape index (κ2) is 8.80. The Balaban J connectivity index is 1.37. The van der Waals surface area contributed by atoms with E-state index < -0.39 is 0 Å². The van der Waals surface area contributed by atoms with Crippen molar-refractivity contribution < 1.29 is 13.9 Å². The van der Waals surface area contributed by atoms with Gasteiger partial charge in [-0.2, -0.15) is 0 Å². The van der Waals surface area contributed by atoms with Crippen molar-refractivity contribution in [2.45, 2.75) is 13.3 Å². The Bertz CT molecular complexity index is 1140. The molecule has 4 rings (SSSR count). The van der Waals surface area contributed by atoms with Crippen LogP contribution in [0.5, 0.6) is 11.6 Å². The van der Waals surface area contributed by atoms with Crippen molar-refractivity contribution in [3.63, 3.8) is 0 Å². The van der Waals surface area contributed by atoms with Crippen LogP contribution in [0.4, 0.5) is 5.69 Å². The summed E-state index contributed by atoms with van der Waals surface area (Å²) < 4.78 is 11.3. The first-order chi connectivity index (χ1) is 14.6. The van der Waals surface area contributed by atoms with Gasteiger partial charge in [-0.25, -0.2) is 9.97 Å². The van der Waals surface area contributed by atoms with Crippen LogP contribution in [0.25, 0.3) is 11.5 Å². The van der Waals surface area contributed by atoms with Gasteiger partial charge in [0.25, 0.3) is 0 Å². The smallest absolute Gasteiger partial charge is 0.230 e. The van der Waals surface area contributed by atoms with Crippen LogP contribution >= 0.6 is 11.6 Å². The number of hydrogen-bond donors (Lipinski definition) is 1. The monoisotopic (exact) mass is 419 g/mol. The zero-order valence-corrected chi connectivity index (χ0v) is 16.9. The summed E-state index contributed by atoms with van der Waals surface area (Å²) >= 11 is 5.86. The van der Waals surface area contributed by atoms with Crippen LogP contribution in [-0.2, 0) is 11.2 Å². The molecule has 0 atom stereocenters. The summed E-state index contributed by atoms with van der Waals surface area (Å²) in [7, 11) is 0. The van der Waals surface area contributed by atoms with Gasteiger partial charge in [-0.3, -0.25) is 4.79 Å². The van der Waals surface area contributed by atoms with Crippen LogP contribution in [0.15, 0.2) is 77.3 Å². The van der Waals surface area contributed by atoms with Gasteiger partial charge in [0.05, 0.1) is 24.0 Å². The molecular weight excluding hydrogens is 402 g/mol. The van der Waals surface area contributed by atoms with Crippen LogP contribution in [0.3, 0.4) is 0 Å². The number of nitrogens with zero attached hydrogens (tertiary/aromatic N) is 2. The molecule has 4 aromatic rings. The number of halogens is 1. The van der Waals surface area contributed by atoms with E-state index in [0.717, 1.165) is 5.56 Å². The van der Waals surface area contributed by atoms with E-state index in [4.69, 9.17) is 20.8 Å². The molecule has 2 heterocycles. The van der Waals surface area contributed by atoms with Gasteiger partial charge in [0.15, 0.2) is 0 Å². The van der Waals surface area contributed by atoms with Gasteiger partial charge in [0.2, 0.25) is 17.7 Å². The molecule has 0 radical (unpaired) electrons. The highest BCUT2D eigenvalue weighted by Gasteiger charge is 2.15. The Hall–Kier alpha value is -3.64. The van der Waals surface area contributed by atoms with E-state index >= 15 is 0 Å². The van der Waals surface area contributed by atoms with E-state index in [2.05, 4.69) is 15.3 Å². The van der Waals surface area contributed by atoms with Crippen molar-refractivity contribution in [2.75, 3.05) is 5.32 Å². The van der Waals surface area contributed by atoms with Crippen molar-refractivity contribution in [1.82, 2.24) is 9.97 Å². The van der Waals surface area contributed by atoms with Gasteiger partial charge in [-0.15, -0.1) is 0 Å². The van der Waals surface area contributed by atoms with Gasteiger partial charge < -0.3 is 14.5 Å². The van der Waals surface area contributed by atoms with E-state index in [0.29, 0.717) is 39.7 Å². The molecule has 150 valence electrons. The number of aromatic nitrogens is 2. The van der Waals surface area contributed by atoms with Crippen LogP contribution in [0.1, 0.15) is 11.5 Å². The number of anilines is 1. The molecule has 0 unspecified atom stereocenters. The topological polar surface area (TPSA) is 77.2 Å². The van der Waals surface area contributed by atoms with Crippen LogP contribution < -0.4 is 10.1 Å². The summed E-state index contributed by atoms with van der Waals surface area (Å²) in [5, 5.41) is 3.44. The molecule has 1 N–H and O–H groups in total. The summed E-state index contributed by atoms with van der Waals surface area (Å²) in [5.41, 5.74) is 2.03. The molecule has 0 aliphatic rings. The Morgan fingerprint density at radius 3 is 2.53 bits per heavy atom. The molecule has 0 spiro atoms. The molecule has 2 aromatic heterocycles. The number of nitrogens with one attached hydrogen (secondary N) is 1. The highest BCUT2D eigenvalue weighted by atomic mass is 35.5. The van der Waals surface area contributed by atoms with Gasteiger partial charge in [0.1, 0.15) is 11.5 Å². The number of benzene rings is 2. The van der Waals surface area contributed by atoms with Gasteiger partial charge in [-0.05, 0) is 49.4 Å². The fraction of sp³-hybridized carbons (Fsp3) is 0.0870. The Kier molecular flexibility index (Phi) is 5.77. The lowest BCUT2D eigenvalue weighted by Crippen LogP contribution is -2.15. The number of hydrogen-bond acceptors (Lipinski definition) is 5. The van der Waals surface area contributed by atoms with Crippen molar-refractivity contribution >= 4 is 23.2 Å². The predicted octanol–water partition coefficient (Wildman–Crippen LogP) is 5.67. The lowest BCUT2D eigenvalue weighted by molar-refractivity contribution is -0.115. The Morgan fingerprint density at radius 1 is 1.07 bits per heavy atom. The minimum Gasteiger partial charge on any atom is -0.441 e. The first-order valence-corrected chi connectivity index (χ1v) is 9.66. The molecule has 0 saturated heterocycles. The quantitative estimate of drug-likeness (QED) is 0.435. The number of ether oxygens (including phenoxy) is 1. The molecule has 0 aliphatic heterocycles. The lowest BCUT2D eigenvalue weighted by Gasteiger charge is -2.07. The molecule has 0 saturated carbocycles. The highest BCUT2D eigenvalue weighted by Crippen LogP contribution is 2.23. The van der Waals surface area contributed by atoms with Gasteiger partial charge in [0, 0.05) is 16.7 Å². The Morgan fingerprint density at radius 2 is 1.83 bits per heavy atom. The maximum absolute atomic E-state index is 12.4. The molecular formula is C23H18ClN3O3. The van der Waals surface area contributed by atoms with Crippen molar-refractivity contribution in [2.24, 2.45) is 0 Å². The number of pyridine rings is 1. The number of rotatable bonds is 6. The molecule has 30 heavy (non-hydrogen) atoms. The largest absolute Gasteiger partial charge is 0.441 e. The number of carbonyl (C=O) groups excluding carboxylic acids is 1. The Labute approximate surface area is 178 Å². The van der Waals surface area contributed by atoms with E-state index in [1.165, 1.54) is 6.20 Å². The van der Waals surface area contributed by atoms with Crippen molar-refractivity contribution in [1.29, 1.82) is 0 Å². The molecule has 2 aromatic carbocycles. The average molecular weight is 420 g/mol.